The molecule has 6 heteroatoms. The normalized spacial score (nSPS) is 11.5. The first-order valence-electron chi connectivity index (χ1n) is 10.0. The van der Waals surface area contributed by atoms with Gasteiger partial charge in [0.05, 0.1) is 12.3 Å². The Morgan fingerprint density at radius 2 is 1.97 bits per heavy atom. The molecule has 0 radical (unpaired) electrons. The van der Waals surface area contributed by atoms with Gasteiger partial charge in [-0.2, -0.15) is 0 Å². The van der Waals surface area contributed by atoms with Crippen molar-refractivity contribution >= 4 is 38.9 Å². The van der Waals surface area contributed by atoms with Crippen molar-refractivity contribution in [2.24, 2.45) is 4.99 Å². The van der Waals surface area contributed by atoms with Crippen LogP contribution in [0.15, 0.2) is 56.3 Å². The Balaban J connectivity index is 1.73. The van der Waals surface area contributed by atoms with E-state index < -0.39 is 0 Å². The molecule has 0 aliphatic rings. The van der Waals surface area contributed by atoms with Crippen molar-refractivity contribution in [2.75, 3.05) is 6.61 Å². The molecule has 0 spiro atoms. The lowest BCUT2D eigenvalue weighted by molar-refractivity contribution is 0.317. The van der Waals surface area contributed by atoms with Crippen molar-refractivity contribution in [3.63, 3.8) is 0 Å². The Morgan fingerprint density at radius 3 is 2.74 bits per heavy atom. The molecule has 0 amide bonds. The van der Waals surface area contributed by atoms with E-state index in [1.807, 2.05) is 45.0 Å². The lowest BCUT2D eigenvalue weighted by Crippen LogP contribution is -1.94. The van der Waals surface area contributed by atoms with Gasteiger partial charge in [0.2, 0.25) is 5.89 Å². The topological polar surface area (TPSA) is 67.9 Å². The third-order valence-corrected chi connectivity index (χ3v) is 5.53. The molecule has 1 N–H and O–H groups in total. The Hall–Kier alpha value is -3.12. The van der Waals surface area contributed by atoms with Crippen molar-refractivity contribution in [1.29, 1.82) is 0 Å². The molecule has 0 aliphatic heterocycles. The molecule has 31 heavy (non-hydrogen) atoms. The number of hydrogen-bond acceptors (Lipinski definition) is 5. The highest BCUT2D eigenvalue weighted by Crippen LogP contribution is 2.35. The van der Waals surface area contributed by atoms with E-state index in [9.17, 15) is 5.11 Å². The maximum absolute atomic E-state index is 10.5. The first-order valence-corrected chi connectivity index (χ1v) is 10.8. The van der Waals surface area contributed by atoms with Crippen LogP contribution in [0, 0.1) is 20.8 Å². The molecule has 158 valence electrons. The molecule has 0 saturated carbocycles. The lowest BCUT2D eigenvalue weighted by atomic mass is 10.1. The van der Waals surface area contributed by atoms with Gasteiger partial charge in [-0.25, -0.2) is 4.98 Å². The van der Waals surface area contributed by atoms with Crippen LogP contribution in [0.2, 0.25) is 0 Å². The Labute approximate surface area is 189 Å². The highest BCUT2D eigenvalue weighted by Gasteiger charge is 2.15. The van der Waals surface area contributed by atoms with E-state index in [-0.39, 0.29) is 5.75 Å². The largest absolute Gasteiger partial charge is 0.504 e. The number of nitrogens with zero attached hydrogens (tertiary/aromatic N) is 2. The van der Waals surface area contributed by atoms with Crippen molar-refractivity contribution in [2.45, 2.75) is 27.7 Å². The fraction of sp³-hybridized carbons (Fsp3) is 0.200. The second-order valence-electron chi connectivity index (χ2n) is 7.43. The summed E-state index contributed by atoms with van der Waals surface area (Å²) in [6.07, 6.45) is 1.63. The number of halogens is 1. The monoisotopic (exact) mass is 478 g/mol. The number of fused-ring (bicyclic) bond motifs is 1. The Morgan fingerprint density at radius 1 is 1.16 bits per heavy atom. The highest BCUT2D eigenvalue weighted by atomic mass is 79.9. The van der Waals surface area contributed by atoms with Crippen LogP contribution >= 0.6 is 15.9 Å². The van der Waals surface area contributed by atoms with Crippen molar-refractivity contribution in [3.05, 3.63) is 69.2 Å². The van der Waals surface area contributed by atoms with Gasteiger partial charge in [0, 0.05) is 21.8 Å². The van der Waals surface area contributed by atoms with Gasteiger partial charge in [0.25, 0.3) is 0 Å². The summed E-state index contributed by atoms with van der Waals surface area (Å²) in [5.74, 6) is 1.05. The Kier molecular flexibility index (Phi) is 5.83. The van der Waals surface area contributed by atoms with Gasteiger partial charge in [-0.05, 0) is 74.7 Å². The second-order valence-corrected chi connectivity index (χ2v) is 8.35. The van der Waals surface area contributed by atoms with Gasteiger partial charge in [-0.1, -0.05) is 28.1 Å². The van der Waals surface area contributed by atoms with E-state index in [1.165, 1.54) is 0 Å². The summed E-state index contributed by atoms with van der Waals surface area (Å²) in [6, 6.07) is 13.5. The number of rotatable bonds is 5. The first kappa shape index (κ1) is 21.1. The molecular formula is C25H23BrN2O3. The van der Waals surface area contributed by atoms with Crippen molar-refractivity contribution in [3.8, 4) is 23.0 Å². The zero-order valence-corrected chi connectivity index (χ0v) is 19.4. The third kappa shape index (κ3) is 4.21. The van der Waals surface area contributed by atoms with E-state index in [0.717, 1.165) is 43.5 Å². The molecule has 0 aliphatic carbocycles. The summed E-state index contributed by atoms with van der Waals surface area (Å²) in [5.41, 5.74) is 7.03. The van der Waals surface area contributed by atoms with E-state index in [4.69, 9.17) is 14.1 Å². The van der Waals surface area contributed by atoms with Crippen molar-refractivity contribution in [1.82, 2.24) is 4.98 Å². The lowest BCUT2D eigenvalue weighted by Gasteiger charge is -2.09. The predicted molar refractivity (Wildman–Crippen MR) is 128 cm³/mol. The van der Waals surface area contributed by atoms with E-state index in [1.54, 1.807) is 18.3 Å². The number of aliphatic imine (C=N–C) groups is 1. The maximum atomic E-state index is 10.5. The molecule has 5 nitrogen and oxygen atoms in total. The molecule has 1 heterocycles. The molecule has 0 atom stereocenters. The molecule has 0 bridgehead atoms. The summed E-state index contributed by atoms with van der Waals surface area (Å²) in [5, 5.41) is 10.5. The first-order chi connectivity index (χ1) is 14.9. The average Bonchev–Trinajstić information content (AvgIpc) is 3.14. The van der Waals surface area contributed by atoms with Crippen LogP contribution in [0.4, 0.5) is 5.69 Å². The van der Waals surface area contributed by atoms with E-state index in [2.05, 4.69) is 33.9 Å². The average molecular weight is 479 g/mol. The second kappa shape index (κ2) is 8.55. The highest BCUT2D eigenvalue weighted by molar-refractivity contribution is 9.10. The molecule has 0 fully saturated rings. The summed E-state index contributed by atoms with van der Waals surface area (Å²) in [7, 11) is 0. The zero-order chi connectivity index (χ0) is 22.1. The molecule has 0 saturated heterocycles. The van der Waals surface area contributed by atoms with Gasteiger partial charge >= 0.3 is 0 Å². The van der Waals surface area contributed by atoms with Crippen LogP contribution in [-0.2, 0) is 0 Å². The number of ether oxygens (including phenoxy) is 1. The molecule has 4 aromatic rings. The molecule has 1 aromatic heterocycles. The number of phenolic OH excluding ortho intramolecular Hbond substituents is 1. The van der Waals surface area contributed by atoms with Crippen LogP contribution in [-0.4, -0.2) is 22.9 Å². The number of aromatic hydroxyl groups is 1. The summed E-state index contributed by atoms with van der Waals surface area (Å²) < 4.78 is 12.4. The van der Waals surface area contributed by atoms with E-state index >= 15 is 0 Å². The van der Waals surface area contributed by atoms with Crippen LogP contribution in [0.25, 0.3) is 22.6 Å². The van der Waals surface area contributed by atoms with Gasteiger partial charge in [0.15, 0.2) is 17.1 Å². The SMILES string of the molecule is CCOc1cc(Br)cc(C=Nc2cccc(-c3nc4cc(C)cc(C)c4o3)c2C)c1O. The van der Waals surface area contributed by atoms with Gasteiger partial charge in [0.1, 0.15) is 5.52 Å². The van der Waals surface area contributed by atoms with Crippen LogP contribution < -0.4 is 4.74 Å². The molecule has 0 unspecified atom stereocenters. The van der Waals surface area contributed by atoms with Gasteiger partial charge < -0.3 is 14.3 Å². The number of oxazole rings is 1. The smallest absolute Gasteiger partial charge is 0.227 e. The quantitative estimate of drug-likeness (QED) is 0.312. The van der Waals surface area contributed by atoms with Crippen LogP contribution in [0.1, 0.15) is 29.2 Å². The number of hydrogen-bond donors (Lipinski definition) is 1. The van der Waals surface area contributed by atoms with Gasteiger partial charge in [-0.3, -0.25) is 4.99 Å². The Bertz CT molecular complexity index is 1310. The summed E-state index contributed by atoms with van der Waals surface area (Å²) in [6.45, 7) is 8.40. The molecule has 3 aromatic carbocycles. The molecule has 4 rings (SSSR count). The third-order valence-electron chi connectivity index (χ3n) is 5.07. The predicted octanol–water partition coefficient (Wildman–Crippen LogP) is 7.04. The summed E-state index contributed by atoms with van der Waals surface area (Å²) >= 11 is 3.45. The van der Waals surface area contributed by atoms with Crippen LogP contribution in [0.5, 0.6) is 11.5 Å². The number of phenols is 1. The molecular weight excluding hydrogens is 456 g/mol. The minimum absolute atomic E-state index is 0.0624. The number of aryl methyl sites for hydroxylation is 2. The van der Waals surface area contributed by atoms with Crippen LogP contribution in [0.3, 0.4) is 0 Å². The summed E-state index contributed by atoms with van der Waals surface area (Å²) in [4.78, 5) is 9.32. The maximum Gasteiger partial charge on any atom is 0.227 e. The fourth-order valence-electron chi connectivity index (χ4n) is 3.58. The minimum Gasteiger partial charge on any atom is -0.504 e. The minimum atomic E-state index is 0.0624. The standard InChI is InChI=1S/C25H23BrN2O3/c1-5-30-22-12-18(26)11-17(23(22)29)13-27-20-8-6-7-19(16(20)4)25-28-21-10-14(2)9-15(3)24(21)31-25/h6-13,29H,5H2,1-4H3. The van der Waals surface area contributed by atoms with E-state index in [0.29, 0.717) is 23.8 Å². The number of benzene rings is 3. The fourth-order valence-corrected chi connectivity index (χ4v) is 4.04. The number of aromatic nitrogens is 1. The zero-order valence-electron chi connectivity index (χ0n) is 17.9. The van der Waals surface area contributed by atoms with Crippen molar-refractivity contribution < 1.29 is 14.3 Å². The van der Waals surface area contributed by atoms with Gasteiger partial charge in [-0.15, -0.1) is 0 Å².